The maximum Gasteiger partial charge on any atom is 0.180 e. The molecule has 0 fully saturated rings. The van der Waals surface area contributed by atoms with Crippen LogP contribution in [0, 0.1) is 0 Å². The summed E-state index contributed by atoms with van der Waals surface area (Å²) in [6.45, 7) is 2.70. The van der Waals surface area contributed by atoms with Crippen molar-refractivity contribution in [1.29, 1.82) is 0 Å². The predicted molar refractivity (Wildman–Crippen MR) is 59.9 cm³/mol. The Kier molecular flexibility index (Phi) is 2.75. The Morgan fingerprint density at radius 2 is 2.27 bits per heavy atom. The van der Waals surface area contributed by atoms with Gasteiger partial charge in [-0.1, -0.05) is 18.5 Å². The van der Waals surface area contributed by atoms with Crippen LogP contribution in [0.5, 0.6) is 0 Å². The fourth-order valence-electron chi connectivity index (χ4n) is 1.89. The molecule has 0 aliphatic carbocycles. The minimum absolute atomic E-state index is 0.117. The van der Waals surface area contributed by atoms with E-state index in [-0.39, 0.29) is 11.8 Å². The summed E-state index contributed by atoms with van der Waals surface area (Å²) in [6.07, 6.45) is 0. The summed E-state index contributed by atoms with van der Waals surface area (Å²) in [5.74, 6) is 0.135. The first-order valence-electron chi connectivity index (χ1n) is 4.80. The van der Waals surface area contributed by atoms with E-state index in [0.717, 1.165) is 12.1 Å². The molecule has 3 nitrogen and oxygen atoms in total. The summed E-state index contributed by atoms with van der Waals surface area (Å²) < 4.78 is 23.5. The van der Waals surface area contributed by atoms with Gasteiger partial charge >= 0.3 is 0 Å². The van der Waals surface area contributed by atoms with E-state index in [0.29, 0.717) is 9.92 Å². The van der Waals surface area contributed by atoms with Crippen molar-refractivity contribution in [2.24, 2.45) is 0 Å². The van der Waals surface area contributed by atoms with Crippen LogP contribution in [0.25, 0.3) is 0 Å². The van der Waals surface area contributed by atoms with Crippen molar-refractivity contribution in [1.82, 2.24) is 5.32 Å². The molecule has 1 aliphatic rings. The largest absolute Gasteiger partial charge is 0.309 e. The van der Waals surface area contributed by atoms with Crippen LogP contribution < -0.4 is 5.32 Å². The second-order valence-corrected chi connectivity index (χ2v) is 6.01. The molecule has 1 heterocycles. The third kappa shape index (κ3) is 1.89. The molecular weight excluding hydrogens is 234 g/mol. The van der Waals surface area contributed by atoms with Gasteiger partial charge in [-0.15, -0.1) is 0 Å². The zero-order valence-corrected chi connectivity index (χ0v) is 9.90. The second-order valence-electron chi connectivity index (χ2n) is 3.57. The van der Waals surface area contributed by atoms with Gasteiger partial charge in [-0.3, -0.25) is 0 Å². The van der Waals surface area contributed by atoms with Gasteiger partial charge in [0.2, 0.25) is 0 Å². The Balaban J connectivity index is 2.53. The summed E-state index contributed by atoms with van der Waals surface area (Å²) in [5, 5.41) is 3.72. The monoisotopic (exact) mass is 245 g/mol. The Labute approximate surface area is 94.4 Å². The average Bonchev–Trinajstić information content (AvgIpc) is 2.39. The SMILES string of the molecule is CCNC1CS(=O)(=O)c2ccc(Cl)cc21. The lowest BCUT2D eigenvalue weighted by molar-refractivity contribution is 0.579. The molecule has 5 heteroatoms. The molecule has 15 heavy (non-hydrogen) atoms. The Morgan fingerprint density at radius 1 is 1.53 bits per heavy atom. The van der Waals surface area contributed by atoms with Crippen LogP contribution in [0.1, 0.15) is 18.5 Å². The van der Waals surface area contributed by atoms with Crippen LogP contribution in [0.2, 0.25) is 5.02 Å². The zero-order valence-electron chi connectivity index (χ0n) is 8.33. The normalized spacial score (nSPS) is 22.7. The molecule has 1 N–H and O–H groups in total. The molecule has 1 unspecified atom stereocenters. The van der Waals surface area contributed by atoms with Gasteiger partial charge in [-0.2, -0.15) is 0 Å². The maximum atomic E-state index is 11.8. The third-order valence-electron chi connectivity index (χ3n) is 2.52. The maximum absolute atomic E-state index is 11.8. The summed E-state index contributed by atoms with van der Waals surface area (Å²) in [6, 6.07) is 4.82. The van der Waals surface area contributed by atoms with Gasteiger partial charge in [0.25, 0.3) is 0 Å². The van der Waals surface area contributed by atoms with Crippen molar-refractivity contribution >= 4 is 21.4 Å². The molecule has 0 saturated carbocycles. The number of rotatable bonds is 2. The van der Waals surface area contributed by atoms with Gasteiger partial charge in [0.15, 0.2) is 9.84 Å². The Hall–Kier alpha value is -0.580. The summed E-state index contributed by atoms with van der Waals surface area (Å²) in [5.41, 5.74) is 0.796. The highest BCUT2D eigenvalue weighted by Gasteiger charge is 2.34. The topological polar surface area (TPSA) is 46.2 Å². The number of nitrogens with one attached hydrogen (secondary N) is 1. The highest BCUT2D eigenvalue weighted by molar-refractivity contribution is 7.91. The lowest BCUT2D eigenvalue weighted by Gasteiger charge is -2.10. The fraction of sp³-hybridized carbons (Fsp3) is 0.400. The number of halogens is 1. The quantitative estimate of drug-likeness (QED) is 0.864. The molecule has 82 valence electrons. The van der Waals surface area contributed by atoms with Crippen molar-refractivity contribution in [3.8, 4) is 0 Å². The molecule has 1 aromatic rings. The van der Waals surface area contributed by atoms with Crippen LogP contribution in [-0.2, 0) is 9.84 Å². The van der Waals surface area contributed by atoms with Crippen LogP contribution >= 0.6 is 11.6 Å². The van der Waals surface area contributed by atoms with Crippen molar-refractivity contribution in [2.75, 3.05) is 12.3 Å². The molecule has 0 amide bonds. The van der Waals surface area contributed by atoms with E-state index in [2.05, 4.69) is 5.32 Å². The van der Waals surface area contributed by atoms with Gasteiger partial charge < -0.3 is 5.32 Å². The summed E-state index contributed by atoms with van der Waals surface area (Å²) in [7, 11) is -3.11. The minimum atomic E-state index is -3.11. The van der Waals surface area contributed by atoms with E-state index in [1.807, 2.05) is 6.92 Å². The molecule has 1 aliphatic heterocycles. The van der Waals surface area contributed by atoms with Gasteiger partial charge in [0.1, 0.15) is 0 Å². The van der Waals surface area contributed by atoms with Crippen LogP contribution in [-0.4, -0.2) is 20.7 Å². The molecule has 1 atom stereocenters. The molecular formula is C10H12ClNO2S. The first-order valence-corrected chi connectivity index (χ1v) is 6.83. The minimum Gasteiger partial charge on any atom is -0.309 e. The number of fused-ring (bicyclic) bond motifs is 1. The summed E-state index contributed by atoms with van der Waals surface area (Å²) in [4.78, 5) is 0.415. The Morgan fingerprint density at radius 3 is 2.93 bits per heavy atom. The molecule has 1 aromatic carbocycles. The Bertz CT molecular complexity index is 484. The van der Waals surface area contributed by atoms with E-state index in [1.54, 1.807) is 18.2 Å². The van der Waals surface area contributed by atoms with Crippen molar-refractivity contribution in [3.05, 3.63) is 28.8 Å². The first-order chi connectivity index (χ1) is 7.04. The van der Waals surface area contributed by atoms with Gasteiger partial charge in [0, 0.05) is 11.1 Å². The molecule has 0 spiro atoms. The van der Waals surface area contributed by atoms with Crippen LogP contribution in [0.4, 0.5) is 0 Å². The van der Waals surface area contributed by atoms with E-state index >= 15 is 0 Å². The molecule has 2 rings (SSSR count). The van der Waals surface area contributed by atoms with Crippen molar-refractivity contribution < 1.29 is 8.42 Å². The highest BCUT2D eigenvalue weighted by Crippen LogP contribution is 2.34. The van der Waals surface area contributed by atoms with E-state index in [1.165, 1.54) is 0 Å². The van der Waals surface area contributed by atoms with Gasteiger partial charge in [0.05, 0.1) is 10.6 Å². The number of benzene rings is 1. The van der Waals surface area contributed by atoms with Gasteiger partial charge in [-0.25, -0.2) is 8.42 Å². The second kappa shape index (κ2) is 3.77. The van der Waals surface area contributed by atoms with Crippen molar-refractivity contribution in [2.45, 2.75) is 17.9 Å². The van der Waals surface area contributed by atoms with E-state index in [4.69, 9.17) is 11.6 Å². The van der Waals surface area contributed by atoms with E-state index in [9.17, 15) is 8.42 Å². The van der Waals surface area contributed by atoms with Crippen molar-refractivity contribution in [3.63, 3.8) is 0 Å². The molecule has 0 aromatic heterocycles. The average molecular weight is 246 g/mol. The molecule has 0 radical (unpaired) electrons. The lowest BCUT2D eigenvalue weighted by atomic mass is 10.1. The zero-order chi connectivity index (χ0) is 11.1. The highest BCUT2D eigenvalue weighted by atomic mass is 35.5. The smallest absolute Gasteiger partial charge is 0.180 e. The van der Waals surface area contributed by atoms with E-state index < -0.39 is 9.84 Å². The van der Waals surface area contributed by atoms with Gasteiger partial charge in [-0.05, 0) is 30.3 Å². The number of hydrogen-bond acceptors (Lipinski definition) is 3. The number of hydrogen-bond donors (Lipinski definition) is 1. The first kappa shape index (κ1) is 10.9. The summed E-state index contributed by atoms with van der Waals surface area (Å²) >= 11 is 5.86. The number of sulfone groups is 1. The van der Waals surface area contributed by atoms with Crippen LogP contribution in [0.15, 0.2) is 23.1 Å². The third-order valence-corrected chi connectivity index (χ3v) is 4.57. The van der Waals surface area contributed by atoms with Crippen LogP contribution in [0.3, 0.4) is 0 Å². The predicted octanol–water partition coefficient (Wildman–Crippen LogP) is 1.78. The lowest BCUT2D eigenvalue weighted by Crippen LogP contribution is -2.22. The molecule has 0 bridgehead atoms. The molecule has 0 saturated heterocycles. The fourth-order valence-corrected chi connectivity index (χ4v) is 3.82. The standard InChI is InChI=1S/C10H12ClNO2S/c1-2-12-9-6-15(13,14)10-4-3-7(11)5-8(9)10/h3-5,9,12H,2,6H2,1H3.